The van der Waals surface area contributed by atoms with Crippen molar-refractivity contribution in [3.05, 3.63) is 22.2 Å². The summed E-state index contributed by atoms with van der Waals surface area (Å²) in [6, 6.07) is 1.51. The molecule has 0 aromatic carbocycles. The molecule has 18 heavy (non-hydrogen) atoms. The van der Waals surface area contributed by atoms with Crippen LogP contribution in [0.5, 0.6) is 0 Å². The van der Waals surface area contributed by atoms with Crippen LogP contribution in [0.3, 0.4) is 0 Å². The highest BCUT2D eigenvalue weighted by molar-refractivity contribution is 5.34. The minimum atomic E-state index is -0.147. The van der Waals surface area contributed by atoms with Crippen molar-refractivity contribution in [3.63, 3.8) is 0 Å². The fourth-order valence-electron chi connectivity index (χ4n) is 2.60. The molecule has 2 unspecified atom stereocenters. The Kier molecular flexibility index (Phi) is 3.07. The van der Waals surface area contributed by atoms with Gasteiger partial charge in [0.15, 0.2) is 0 Å². The lowest BCUT2D eigenvalue weighted by atomic mass is 10.1. The van der Waals surface area contributed by atoms with E-state index < -0.39 is 0 Å². The van der Waals surface area contributed by atoms with Gasteiger partial charge in [-0.2, -0.15) is 0 Å². The van der Waals surface area contributed by atoms with E-state index in [9.17, 15) is 9.90 Å². The summed E-state index contributed by atoms with van der Waals surface area (Å²) in [4.78, 5) is 18.8. The van der Waals surface area contributed by atoms with Gasteiger partial charge in [-0.15, -0.1) is 0 Å². The Morgan fingerprint density at radius 1 is 1.39 bits per heavy atom. The van der Waals surface area contributed by atoms with Crippen LogP contribution in [0, 0.1) is 5.92 Å². The van der Waals surface area contributed by atoms with Crippen LogP contribution < -0.4 is 10.9 Å². The smallest absolute Gasteiger partial charge is 0.252 e. The molecule has 2 fully saturated rings. The van der Waals surface area contributed by atoms with Crippen LogP contribution in [0.1, 0.15) is 43.8 Å². The number of nitrogens with zero attached hydrogens (tertiary/aromatic N) is 1. The third kappa shape index (κ3) is 2.72. The van der Waals surface area contributed by atoms with E-state index in [1.54, 1.807) is 0 Å². The lowest BCUT2D eigenvalue weighted by Gasteiger charge is -2.11. The quantitative estimate of drug-likeness (QED) is 0.749. The van der Waals surface area contributed by atoms with Crippen LogP contribution in [-0.2, 0) is 0 Å². The summed E-state index contributed by atoms with van der Waals surface area (Å²) in [5.74, 6) is 2.43. The molecule has 0 saturated heterocycles. The predicted molar refractivity (Wildman–Crippen MR) is 68.7 cm³/mol. The summed E-state index contributed by atoms with van der Waals surface area (Å²) < 4.78 is 0. The maximum Gasteiger partial charge on any atom is 0.252 e. The maximum absolute atomic E-state index is 11.5. The van der Waals surface area contributed by atoms with Gasteiger partial charge in [-0.25, -0.2) is 4.98 Å². The Labute approximate surface area is 106 Å². The van der Waals surface area contributed by atoms with E-state index >= 15 is 0 Å². The number of nitrogens with one attached hydrogen (secondary N) is 2. The summed E-state index contributed by atoms with van der Waals surface area (Å²) in [7, 11) is 0. The van der Waals surface area contributed by atoms with Crippen LogP contribution in [0.25, 0.3) is 0 Å². The molecule has 5 heteroatoms. The van der Waals surface area contributed by atoms with Gasteiger partial charge in [-0.3, -0.25) is 4.79 Å². The molecule has 0 radical (unpaired) electrons. The molecule has 0 spiro atoms. The molecule has 3 N–H and O–H groups in total. The molecule has 2 saturated carbocycles. The van der Waals surface area contributed by atoms with E-state index in [2.05, 4.69) is 15.3 Å². The fourth-order valence-corrected chi connectivity index (χ4v) is 2.60. The molecule has 2 aliphatic carbocycles. The summed E-state index contributed by atoms with van der Waals surface area (Å²) >= 11 is 0. The summed E-state index contributed by atoms with van der Waals surface area (Å²) in [6.07, 6.45) is 4.90. The molecular formula is C13H19N3O2. The number of hydrogen-bond donors (Lipinski definition) is 3. The molecule has 0 bridgehead atoms. The Morgan fingerprint density at radius 2 is 2.22 bits per heavy atom. The van der Waals surface area contributed by atoms with Crippen molar-refractivity contribution in [1.82, 2.24) is 9.97 Å². The van der Waals surface area contributed by atoms with E-state index in [1.165, 1.54) is 6.07 Å². The first-order valence-corrected chi connectivity index (χ1v) is 6.74. The largest absolute Gasteiger partial charge is 0.393 e. The second-order valence-corrected chi connectivity index (χ2v) is 5.50. The van der Waals surface area contributed by atoms with Crippen molar-refractivity contribution >= 4 is 5.82 Å². The highest BCUT2D eigenvalue weighted by Gasteiger charge is 2.27. The van der Waals surface area contributed by atoms with Crippen LogP contribution in [0.15, 0.2) is 10.9 Å². The van der Waals surface area contributed by atoms with Crippen molar-refractivity contribution in [2.75, 3.05) is 11.9 Å². The molecule has 98 valence electrons. The highest BCUT2D eigenvalue weighted by atomic mass is 16.3. The lowest BCUT2D eigenvalue weighted by molar-refractivity contribution is 0.178. The predicted octanol–water partition coefficient (Wildman–Crippen LogP) is 1.22. The van der Waals surface area contributed by atoms with Crippen molar-refractivity contribution in [1.29, 1.82) is 0 Å². The van der Waals surface area contributed by atoms with E-state index in [-0.39, 0.29) is 11.7 Å². The van der Waals surface area contributed by atoms with E-state index in [0.717, 1.165) is 44.5 Å². The van der Waals surface area contributed by atoms with Crippen molar-refractivity contribution in [2.24, 2.45) is 5.92 Å². The minimum Gasteiger partial charge on any atom is -0.393 e. The van der Waals surface area contributed by atoms with Gasteiger partial charge in [0.25, 0.3) is 5.56 Å². The summed E-state index contributed by atoms with van der Waals surface area (Å²) in [6.45, 7) is 0.789. The van der Waals surface area contributed by atoms with Crippen LogP contribution >= 0.6 is 0 Å². The minimum absolute atomic E-state index is 0.0825. The maximum atomic E-state index is 11.5. The Bertz CT molecular complexity index is 481. The third-order valence-corrected chi connectivity index (χ3v) is 3.81. The zero-order valence-electron chi connectivity index (χ0n) is 10.4. The van der Waals surface area contributed by atoms with Gasteiger partial charge in [0, 0.05) is 18.5 Å². The molecule has 1 aromatic rings. The molecule has 2 aliphatic rings. The summed E-state index contributed by atoms with van der Waals surface area (Å²) in [5.41, 5.74) is -0.0825. The van der Waals surface area contributed by atoms with E-state index in [1.807, 2.05) is 0 Å². The zero-order valence-corrected chi connectivity index (χ0v) is 10.4. The first-order valence-electron chi connectivity index (χ1n) is 6.74. The molecule has 0 aliphatic heterocycles. The topological polar surface area (TPSA) is 78.0 Å². The Balaban J connectivity index is 1.63. The molecule has 5 nitrogen and oxygen atoms in total. The van der Waals surface area contributed by atoms with Crippen LogP contribution in [0.4, 0.5) is 5.82 Å². The average molecular weight is 249 g/mol. The average Bonchev–Trinajstić information content (AvgIpc) is 3.10. The number of rotatable bonds is 4. The van der Waals surface area contributed by atoms with Gasteiger partial charge in [-0.05, 0) is 38.0 Å². The van der Waals surface area contributed by atoms with Crippen molar-refractivity contribution < 1.29 is 5.11 Å². The summed E-state index contributed by atoms with van der Waals surface area (Å²) in [5, 5.41) is 12.7. The number of H-pyrrole nitrogens is 1. The van der Waals surface area contributed by atoms with Crippen molar-refractivity contribution in [2.45, 2.75) is 44.1 Å². The standard InChI is InChI=1S/C13H19N3O2/c17-10-4-1-8(5-10)7-14-11-6-12(18)16-13(15-11)9-2-3-9/h6,8-10,17H,1-5,7H2,(H2,14,15,16,18). The van der Waals surface area contributed by atoms with Gasteiger partial charge >= 0.3 is 0 Å². The third-order valence-electron chi connectivity index (χ3n) is 3.81. The SMILES string of the molecule is O=c1cc(NCC2CCC(O)C2)nc(C2CC2)[nH]1. The van der Waals surface area contributed by atoms with E-state index in [4.69, 9.17) is 0 Å². The fraction of sp³-hybridized carbons (Fsp3) is 0.692. The Morgan fingerprint density at radius 3 is 2.89 bits per heavy atom. The first-order chi connectivity index (χ1) is 8.70. The molecule has 2 atom stereocenters. The monoisotopic (exact) mass is 249 g/mol. The van der Waals surface area contributed by atoms with Crippen LogP contribution in [0.2, 0.25) is 0 Å². The number of aliphatic hydroxyl groups excluding tert-OH is 1. The van der Waals surface area contributed by atoms with Gasteiger partial charge in [0.05, 0.1) is 6.10 Å². The molecule has 1 aromatic heterocycles. The molecule has 1 heterocycles. The lowest BCUT2D eigenvalue weighted by Crippen LogP contribution is -2.17. The number of hydrogen-bond acceptors (Lipinski definition) is 4. The number of aromatic nitrogens is 2. The number of aromatic amines is 1. The second kappa shape index (κ2) is 4.72. The molecule has 0 amide bonds. The van der Waals surface area contributed by atoms with Crippen LogP contribution in [-0.4, -0.2) is 27.7 Å². The Hall–Kier alpha value is -1.36. The van der Waals surface area contributed by atoms with Gasteiger partial charge < -0.3 is 15.4 Å². The molecule has 3 rings (SSSR count). The second-order valence-electron chi connectivity index (χ2n) is 5.50. The number of aliphatic hydroxyl groups is 1. The van der Waals surface area contributed by atoms with Crippen molar-refractivity contribution in [3.8, 4) is 0 Å². The molecular weight excluding hydrogens is 230 g/mol. The van der Waals surface area contributed by atoms with E-state index in [0.29, 0.717) is 17.7 Å². The first kappa shape index (κ1) is 11.7. The normalized spacial score (nSPS) is 27.4. The van der Waals surface area contributed by atoms with Gasteiger partial charge in [0.1, 0.15) is 11.6 Å². The van der Waals surface area contributed by atoms with Gasteiger partial charge in [-0.1, -0.05) is 0 Å². The zero-order chi connectivity index (χ0) is 12.5. The highest BCUT2D eigenvalue weighted by Crippen LogP contribution is 2.37. The van der Waals surface area contributed by atoms with Gasteiger partial charge in [0.2, 0.25) is 0 Å². The number of anilines is 1.